The van der Waals surface area contributed by atoms with Gasteiger partial charge in [-0.3, -0.25) is 0 Å². The number of ether oxygens (including phenoxy) is 2. The van der Waals surface area contributed by atoms with Crippen LogP contribution in [0.25, 0.3) is 0 Å². The molecule has 21 heavy (non-hydrogen) atoms. The maximum atomic E-state index is 11.3. The Hall–Kier alpha value is -1.72. The van der Waals surface area contributed by atoms with Crippen LogP contribution in [0.15, 0.2) is 58.3 Å². The van der Waals surface area contributed by atoms with Crippen molar-refractivity contribution in [1.29, 1.82) is 0 Å². The van der Waals surface area contributed by atoms with Gasteiger partial charge in [0.15, 0.2) is 0 Å². The van der Waals surface area contributed by atoms with Crippen LogP contribution in [-0.2, 0) is 14.3 Å². The number of thioether (sulfide) groups is 1. The zero-order valence-corrected chi connectivity index (χ0v) is 12.4. The van der Waals surface area contributed by atoms with Gasteiger partial charge in [-0.15, -0.1) is 11.8 Å². The van der Waals surface area contributed by atoms with E-state index >= 15 is 0 Å². The molecule has 0 saturated carbocycles. The second-order valence-electron chi connectivity index (χ2n) is 4.90. The van der Waals surface area contributed by atoms with Crippen LogP contribution >= 0.6 is 11.8 Å². The van der Waals surface area contributed by atoms with Gasteiger partial charge in [0.25, 0.3) is 6.29 Å². The highest BCUT2D eigenvalue weighted by Gasteiger charge is 2.32. The number of allylic oxidation sites excluding steroid dienone is 6. The molecule has 0 aromatic rings. The zero-order valence-electron chi connectivity index (χ0n) is 11.6. The number of fused-ring (bicyclic) bond motifs is 2. The molecule has 0 spiro atoms. The topological polar surface area (TPSA) is 55.8 Å². The lowest BCUT2D eigenvalue weighted by Gasteiger charge is -2.31. The highest BCUT2D eigenvalue weighted by atomic mass is 32.2. The number of carbonyl (C=O) groups is 1. The summed E-state index contributed by atoms with van der Waals surface area (Å²) in [6.07, 6.45) is 13.7. The third-order valence-corrected chi connectivity index (χ3v) is 4.47. The van der Waals surface area contributed by atoms with Crippen molar-refractivity contribution in [3.05, 3.63) is 58.3 Å². The van der Waals surface area contributed by atoms with Crippen molar-refractivity contribution in [2.24, 2.45) is 0 Å². The fourth-order valence-corrected chi connectivity index (χ4v) is 3.27. The molecular weight excluding hydrogens is 288 g/mol. The largest absolute Gasteiger partial charge is 0.477 e. The summed E-state index contributed by atoms with van der Waals surface area (Å²) in [5.74, 6) is -1.12. The van der Waals surface area contributed by atoms with Gasteiger partial charge in [0, 0.05) is 10.5 Å². The SMILES string of the molecule is CSC1=CC=C/C2=C3\CCC=CC3=COC(C(=O)O)OC12. The van der Waals surface area contributed by atoms with Gasteiger partial charge in [-0.05, 0) is 36.3 Å². The molecule has 0 aromatic carbocycles. The molecule has 4 nitrogen and oxygen atoms in total. The summed E-state index contributed by atoms with van der Waals surface area (Å²) in [5.41, 5.74) is 3.14. The van der Waals surface area contributed by atoms with Crippen molar-refractivity contribution < 1.29 is 19.4 Å². The van der Waals surface area contributed by atoms with Crippen LogP contribution in [0, 0.1) is 0 Å². The molecule has 110 valence electrons. The molecule has 2 aliphatic carbocycles. The van der Waals surface area contributed by atoms with Crippen molar-refractivity contribution in [2.45, 2.75) is 25.2 Å². The number of hydrogen-bond donors (Lipinski definition) is 1. The smallest absolute Gasteiger partial charge is 0.373 e. The van der Waals surface area contributed by atoms with Crippen molar-refractivity contribution in [3.8, 4) is 0 Å². The summed E-state index contributed by atoms with van der Waals surface area (Å²) in [6, 6.07) is 0. The molecule has 1 N–H and O–H groups in total. The average Bonchev–Trinajstić information content (AvgIpc) is 2.49. The van der Waals surface area contributed by atoms with E-state index in [9.17, 15) is 9.90 Å². The van der Waals surface area contributed by atoms with Crippen molar-refractivity contribution >= 4 is 17.7 Å². The van der Waals surface area contributed by atoms with E-state index in [0.29, 0.717) is 0 Å². The van der Waals surface area contributed by atoms with Gasteiger partial charge in [0.2, 0.25) is 0 Å². The second kappa shape index (κ2) is 5.95. The molecular formula is C16H16O4S. The first-order valence-corrected chi connectivity index (χ1v) is 7.99. The molecule has 0 saturated heterocycles. The van der Waals surface area contributed by atoms with E-state index in [1.165, 1.54) is 11.8 Å². The zero-order chi connectivity index (χ0) is 14.8. The van der Waals surface area contributed by atoms with E-state index in [2.05, 4.69) is 6.08 Å². The van der Waals surface area contributed by atoms with Gasteiger partial charge < -0.3 is 14.6 Å². The van der Waals surface area contributed by atoms with Gasteiger partial charge in [-0.2, -0.15) is 0 Å². The Morgan fingerprint density at radius 1 is 1.43 bits per heavy atom. The normalized spacial score (nSPS) is 31.1. The molecule has 0 bridgehead atoms. The van der Waals surface area contributed by atoms with Crippen LogP contribution in [0.3, 0.4) is 0 Å². The lowest BCUT2D eigenvalue weighted by Crippen LogP contribution is -2.34. The minimum Gasteiger partial charge on any atom is -0.477 e. The molecule has 1 aliphatic heterocycles. The van der Waals surface area contributed by atoms with Crippen LogP contribution in [0.1, 0.15) is 12.8 Å². The van der Waals surface area contributed by atoms with E-state index in [1.807, 2.05) is 30.6 Å². The summed E-state index contributed by atoms with van der Waals surface area (Å²) < 4.78 is 11.0. The molecule has 5 heteroatoms. The summed E-state index contributed by atoms with van der Waals surface area (Å²) in [7, 11) is 0. The van der Waals surface area contributed by atoms with Crippen LogP contribution in [-0.4, -0.2) is 29.7 Å². The van der Waals surface area contributed by atoms with Gasteiger partial charge in [0.1, 0.15) is 6.10 Å². The summed E-state index contributed by atoms with van der Waals surface area (Å²) in [6.45, 7) is 0. The number of carboxylic acids is 1. The van der Waals surface area contributed by atoms with Crippen LogP contribution in [0.4, 0.5) is 0 Å². The van der Waals surface area contributed by atoms with Crippen LogP contribution in [0.2, 0.25) is 0 Å². The maximum absolute atomic E-state index is 11.3. The van der Waals surface area contributed by atoms with Gasteiger partial charge in [-0.1, -0.05) is 24.3 Å². The molecule has 2 unspecified atom stereocenters. The minimum atomic E-state index is -1.29. The summed E-state index contributed by atoms with van der Waals surface area (Å²) >= 11 is 1.57. The third-order valence-electron chi connectivity index (χ3n) is 3.65. The van der Waals surface area contributed by atoms with Gasteiger partial charge in [0.05, 0.1) is 6.26 Å². The molecule has 0 amide bonds. The first-order chi connectivity index (χ1) is 10.2. The second-order valence-corrected chi connectivity index (χ2v) is 5.78. The lowest BCUT2D eigenvalue weighted by atomic mass is 9.87. The number of carboxylic acid groups (broad SMARTS) is 1. The van der Waals surface area contributed by atoms with Crippen molar-refractivity contribution in [2.75, 3.05) is 6.26 Å². The fraction of sp³-hybridized carbons (Fsp3) is 0.312. The van der Waals surface area contributed by atoms with Crippen LogP contribution < -0.4 is 0 Å². The monoisotopic (exact) mass is 304 g/mol. The standard InChI is InChI=1S/C16H16O4S/c1-21-13-8-4-7-12-11-6-3-2-5-10(11)9-19-16(15(17)18)20-14(12)13/h2,4-5,7-9,14,16H,3,6H2,1H3,(H,17,18)/b10-9?,12-11-. The summed E-state index contributed by atoms with van der Waals surface area (Å²) in [4.78, 5) is 12.3. The Morgan fingerprint density at radius 2 is 2.29 bits per heavy atom. The van der Waals surface area contributed by atoms with E-state index in [0.717, 1.165) is 28.9 Å². The van der Waals surface area contributed by atoms with Crippen molar-refractivity contribution in [1.82, 2.24) is 0 Å². The highest BCUT2D eigenvalue weighted by molar-refractivity contribution is 8.02. The number of hydrogen-bond acceptors (Lipinski definition) is 4. The average molecular weight is 304 g/mol. The molecule has 0 fully saturated rings. The minimum absolute atomic E-state index is 0.378. The first kappa shape index (κ1) is 14.2. The Morgan fingerprint density at radius 3 is 3.05 bits per heavy atom. The first-order valence-electron chi connectivity index (χ1n) is 6.77. The van der Waals surface area contributed by atoms with Gasteiger partial charge in [-0.25, -0.2) is 4.79 Å². The lowest BCUT2D eigenvalue weighted by molar-refractivity contribution is -0.181. The maximum Gasteiger partial charge on any atom is 0.373 e. The molecule has 3 aliphatic rings. The molecule has 2 atom stereocenters. The molecule has 0 aromatic heterocycles. The number of rotatable bonds is 2. The number of aliphatic carboxylic acids is 1. The Kier molecular flexibility index (Phi) is 4.03. The predicted octanol–water partition coefficient (Wildman–Crippen LogP) is 3.16. The Labute approximate surface area is 127 Å². The van der Waals surface area contributed by atoms with E-state index < -0.39 is 12.3 Å². The van der Waals surface area contributed by atoms with E-state index in [4.69, 9.17) is 9.47 Å². The Bertz CT molecular complexity index is 610. The third kappa shape index (κ3) is 2.71. The van der Waals surface area contributed by atoms with E-state index in [1.54, 1.807) is 11.8 Å². The van der Waals surface area contributed by atoms with Crippen LogP contribution in [0.5, 0.6) is 0 Å². The predicted molar refractivity (Wildman–Crippen MR) is 81.6 cm³/mol. The van der Waals surface area contributed by atoms with Crippen molar-refractivity contribution in [3.63, 3.8) is 0 Å². The molecule has 1 heterocycles. The van der Waals surface area contributed by atoms with Gasteiger partial charge >= 0.3 is 5.97 Å². The quantitative estimate of drug-likeness (QED) is 0.849. The highest BCUT2D eigenvalue weighted by Crippen LogP contribution is 2.38. The molecule has 0 radical (unpaired) electrons. The fourth-order valence-electron chi connectivity index (χ4n) is 2.66. The summed E-state index contributed by atoms with van der Waals surface area (Å²) in [5, 5.41) is 9.24. The van der Waals surface area contributed by atoms with E-state index in [-0.39, 0.29) is 6.10 Å². The Balaban J connectivity index is 2.10. The molecule has 3 rings (SSSR count).